The third-order valence-corrected chi connectivity index (χ3v) is 3.24. The molecule has 1 aromatic heterocycles. The number of aromatic nitrogens is 1. The monoisotopic (exact) mass is 272 g/mol. The predicted molar refractivity (Wildman–Crippen MR) is 76.0 cm³/mol. The molecule has 0 saturated carbocycles. The van der Waals surface area contributed by atoms with Crippen LogP contribution in [0.1, 0.15) is 29.8 Å². The van der Waals surface area contributed by atoms with Gasteiger partial charge in [-0.25, -0.2) is 4.39 Å². The zero-order valence-corrected chi connectivity index (χ0v) is 11.6. The van der Waals surface area contributed by atoms with E-state index in [1.807, 2.05) is 13.8 Å². The molecule has 0 fully saturated rings. The summed E-state index contributed by atoms with van der Waals surface area (Å²) in [6.07, 6.45) is 3.13. The highest BCUT2D eigenvalue weighted by atomic mass is 19.1. The molecule has 0 aliphatic heterocycles. The lowest BCUT2D eigenvalue weighted by Crippen LogP contribution is -2.37. The summed E-state index contributed by atoms with van der Waals surface area (Å²) in [5, 5.41) is 2.83. The highest BCUT2D eigenvalue weighted by molar-refractivity contribution is 5.94. The Bertz CT molecular complexity index is 596. The molecule has 0 unspecified atom stereocenters. The second-order valence-corrected chi connectivity index (χ2v) is 5.28. The lowest BCUT2D eigenvalue weighted by molar-refractivity contribution is 0.0945. The number of nitrogens with zero attached hydrogens (tertiary/aromatic N) is 1. The lowest BCUT2D eigenvalue weighted by Gasteiger charge is -2.26. The molecule has 0 saturated heterocycles. The second-order valence-electron chi connectivity index (χ2n) is 5.28. The Morgan fingerprint density at radius 3 is 2.50 bits per heavy atom. The third kappa shape index (κ3) is 3.20. The van der Waals surface area contributed by atoms with Crippen LogP contribution >= 0.6 is 0 Å². The number of rotatable bonds is 4. The molecule has 1 N–H and O–H groups in total. The summed E-state index contributed by atoms with van der Waals surface area (Å²) in [5.74, 6) is -0.438. The number of amides is 1. The molecular weight excluding hydrogens is 255 g/mol. The number of carbonyl (C=O) groups is 1. The summed E-state index contributed by atoms with van der Waals surface area (Å²) in [6, 6.07) is 9.92. The predicted octanol–water partition coefficient (Wildman–Crippen LogP) is 2.93. The summed E-state index contributed by atoms with van der Waals surface area (Å²) in [6.45, 7) is 4.16. The Balaban J connectivity index is 2.07. The van der Waals surface area contributed by atoms with E-state index < -0.39 is 5.41 Å². The van der Waals surface area contributed by atoms with Gasteiger partial charge in [-0.2, -0.15) is 0 Å². The van der Waals surface area contributed by atoms with Crippen molar-refractivity contribution in [3.05, 3.63) is 65.7 Å². The van der Waals surface area contributed by atoms with E-state index in [0.717, 1.165) is 0 Å². The molecule has 1 heterocycles. The SMILES string of the molecule is CC(C)(CNC(=O)c1ccncc1)c1ccccc1F. The largest absolute Gasteiger partial charge is 0.351 e. The van der Waals surface area contributed by atoms with E-state index in [2.05, 4.69) is 10.3 Å². The first-order valence-electron chi connectivity index (χ1n) is 6.44. The molecule has 20 heavy (non-hydrogen) atoms. The van der Waals surface area contributed by atoms with Crippen molar-refractivity contribution in [2.75, 3.05) is 6.54 Å². The Morgan fingerprint density at radius 2 is 1.85 bits per heavy atom. The maximum atomic E-state index is 13.8. The first-order valence-corrected chi connectivity index (χ1v) is 6.44. The zero-order chi connectivity index (χ0) is 14.6. The molecule has 0 radical (unpaired) electrons. The minimum absolute atomic E-state index is 0.184. The van der Waals surface area contributed by atoms with Gasteiger partial charge in [0, 0.05) is 29.9 Å². The fourth-order valence-corrected chi connectivity index (χ4v) is 2.01. The molecule has 104 valence electrons. The number of hydrogen-bond donors (Lipinski definition) is 1. The van der Waals surface area contributed by atoms with E-state index in [0.29, 0.717) is 17.7 Å². The highest BCUT2D eigenvalue weighted by Crippen LogP contribution is 2.24. The molecular formula is C16H17FN2O. The van der Waals surface area contributed by atoms with Gasteiger partial charge >= 0.3 is 0 Å². The van der Waals surface area contributed by atoms with Crippen LogP contribution in [-0.4, -0.2) is 17.4 Å². The standard InChI is InChI=1S/C16H17FN2O/c1-16(2,13-5-3-4-6-14(13)17)11-19-15(20)12-7-9-18-10-8-12/h3-10H,11H2,1-2H3,(H,19,20). The molecule has 1 aromatic carbocycles. The summed E-state index contributed by atoms with van der Waals surface area (Å²) >= 11 is 0. The number of hydrogen-bond acceptors (Lipinski definition) is 2. The molecule has 2 rings (SSSR count). The van der Waals surface area contributed by atoms with Crippen LogP contribution in [0.5, 0.6) is 0 Å². The second kappa shape index (κ2) is 5.82. The molecule has 1 amide bonds. The highest BCUT2D eigenvalue weighted by Gasteiger charge is 2.24. The number of carbonyl (C=O) groups excluding carboxylic acids is 1. The average Bonchev–Trinajstić information content (AvgIpc) is 2.46. The van der Waals surface area contributed by atoms with Gasteiger partial charge < -0.3 is 5.32 Å². The Labute approximate surface area is 117 Å². The molecule has 0 aliphatic rings. The number of halogens is 1. The van der Waals surface area contributed by atoms with Crippen LogP contribution in [0.15, 0.2) is 48.8 Å². The van der Waals surface area contributed by atoms with Crippen LogP contribution in [0.4, 0.5) is 4.39 Å². The van der Waals surface area contributed by atoms with Crippen molar-refractivity contribution in [2.24, 2.45) is 0 Å². The van der Waals surface area contributed by atoms with Crippen LogP contribution in [0.2, 0.25) is 0 Å². The van der Waals surface area contributed by atoms with Gasteiger partial charge in [0.25, 0.3) is 5.91 Å². The van der Waals surface area contributed by atoms with E-state index >= 15 is 0 Å². The minimum atomic E-state index is -0.478. The quantitative estimate of drug-likeness (QED) is 0.929. The molecule has 0 atom stereocenters. The van der Waals surface area contributed by atoms with Crippen molar-refractivity contribution in [2.45, 2.75) is 19.3 Å². The van der Waals surface area contributed by atoms with E-state index in [4.69, 9.17) is 0 Å². The van der Waals surface area contributed by atoms with Crippen LogP contribution in [0, 0.1) is 5.82 Å². The third-order valence-electron chi connectivity index (χ3n) is 3.24. The Hall–Kier alpha value is -2.23. The van der Waals surface area contributed by atoms with Gasteiger partial charge in [0.2, 0.25) is 0 Å². The molecule has 3 nitrogen and oxygen atoms in total. The van der Waals surface area contributed by atoms with Crippen molar-refractivity contribution >= 4 is 5.91 Å². The van der Waals surface area contributed by atoms with Gasteiger partial charge in [-0.1, -0.05) is 32.0 Å². The minimum Gasteiger partial charge on any atom is -0.351 e. The topological polar surface area (TPSA) is 42.0 Å². The molecule has 2 aromatic rings. The van der Waals surface area contributed by atoms with Gasteiger partial charge in [0.15, 0.2) is 0 Å². The summed E-state index contributed by atoms with van der Waals surface area (Å²) in [5.41, 5.74) is 0.660. The van der Waals surface area contributed by atoms with Gasteiger partial charge in [-0.05, 0) is 23.8 Å². The Morgan fingerprint density at radius 1 is 1.20 bits per heavy atom. The van der Waals surface area contributed by atoms with Crippen LogP contribution in [0.3, 0.4) is 0 Å². The van der Waals surface area contributed by atoms with Gasteiger partial charge in [-0.3, -0.25) is 9.78 Å². The van der Waals surface area contributed by atoms with Crippen molar-refractivity contribution < 1.29 is 9.18 Å². The van der Waals surface area contributed by atoms with Crippen LogP contribution in [0.25, 0.3) is 0 Å². The smallest absolute Gasteiger partial charge is 0.251 e. The van der Waals surface area contributed by atoms with Crippen LogP contribution in [-0.2, 0) is 5.41 Å². The number of benzene rings is 1. The maximum Gasteiger partial charge on any atom is 0.251 e. The van der Waals surface area contributed by atoms with Crippen LogP contribution < -0.4 is 5.32 Å². The molecule has 0 bridgehead atoms. The normalized spacial score (nSPS) is 11.2. The number of nitrogens with one attached hydrogen (secondary N) is 1. The molecule has 0 aliphatic carbocycles. The fourth-order valence-electron chi connectivity index (χ4n) is 2.01. The molecule has 4 heteroatoms. The Kier molecular flexibility index (Phi) is 4.13. The lowest BCUT2D eigenvalue weighted by atomic mass is 9.84. The average molecular weight is 272 g/mol. The van der Waals surface area contributed by atoms with Crippen molar-refractivity contribution in [1.82, 2.24) is 10.3 Å². The van der Waals surface area contributed by atoms with Crippen molar-refractivity contribution in [3.8, 4) is 0 Å². The maximum absolute atomic E-state index is 13.8. The summed E-state index contributed by atoms with van der Waals surface area (Å²) in [7, 11) is 0. The van der Waals surface area contributed by atoms with Crippen molar-refractivity contribution in [1.29, 1.82) is 0 Å². The molecule has 0 spiro atoms. The fraction of sp³-hybridized carbons (Fsp3) is 0.250. The van der Waals surface area contributed by atoms with E-state index in [1.165, 1.54) is 6.07 Å². The first kappa shape index (κ1) is 14.2. The van der Waals surface area contributed by atoms with E-state index in [-0.39, 0.29) is 11.7 Å². The van der Waals surface area contributed by atoms with Gasteiger partial charge in [0.05, 0.1) is 0 Å². The summed E-state index contributed by atoms with van der Waals surface area (Å²) < 4.78 is 13.8. The number of pyridine rings is 1. The van der Waals surface area contributed by atoms with E-state index in [1.54, 1.807) is 42.7 Å². The van der Waals surface area contributed by atoms with Gasteiger partial charge in [-0.15, -0.1) is 0 Å². The van der Waals surface area contributed by atoms with E-state index in [9.17, 15) is 9.18 Å². The zero-order valence-electron chi connectivity index (χ0n) is 11.6. The van der Waals surface area contributed by atoms with Gasteiger partial charge in [0.1, 0.15) is 5.82 Å². The van der Waals surface area contributed by atoms with Crippen molar-refractivity contribution in [3.63, 3.8) is 0 Å². The summed E-state index contributed by atoms with van der Waals surface area (Å²) in [4.78, 5) is 15.8. The first-order chi connectivity index (χ1) is 9.50.